The number of nitrogens with one attached hydrogen (secondary N) is 3. The van der Waals surface area contributed by atoms with Crippen LogP contribution < -0.4 is 20.3 Å². The molecular formula is C47H52ClN7O6. The summed E-state index contributed by atoms with van der Waals surface area (Å²) in [7, 11) is 2.02. The summed E-state index contributed by atoms with van der Waals surface area (Å²) in [6.45, 7) is 7.33. The molecule has 4 amide bonds. The summed E-state index contributed by atoms with van der Waals surface area (Å²) >= 11 is 6.73. The number of rotatable bonds is 19. The maximum Gasteiger partial charge on any atom is 0.300 e. The Hall–Kier alpha value is -6.34. The second kappa shape index (κ2) is 19.8. The number of ether oxygens (including phenoxy) is 1. The van der Waals surface area contributed by atoms with Crippen LogP contribution in [0.2, 0.25) is 5.02 Å². The predicted octanol–water partition coefficient (Wildman–Crippen LogP) is 8.64. The number of hydrogen-bond donors (Lipinski definition) is 3. The van der Waals surface area contributed by atoms with Crippen molar-refractivity contribution in [1.82, 2.24) is 30.1 Å². The topological polar surface area (TPSA) is 155 Å². The van der Waals surface area contributed by atoms with Gasteiger partial charge in [0.1, 0.15) is 18.1 Å². The maximum atomic E-state index is 13.1. The van der Waals surface area contributed by atoms with Crippen LogP contribution in [-0.2, 0) is 27.9 Å². The zero-order valence-corrected chi connectivity index (χ0v) is 35.5. The van der Waals surface area contributed by atoms with Crippen LogP contribution in [0.25, 0.3) is 33.1 Å². The Morgan fingerprint density at radius 2 is 1.70 bits per heavy atom. The lowest BCUT2D eigenvalue weighted by atomic mass is 10.0. The van der Waals surface area contributed by atoms with Crippen molar-refractivity contribution < 1.29 is 28.3 Å². The molecule has 3 aromatic carbocycles. The number of halogens is 1. The average molecular weight is 846 g/mol. The number of fused-ring (bicyclic) bond motifs is 2. The van der Waals surface area contributed by atoms with Gasteiger partial charge in [-0.25, -0.2) is 0 Å². The van der Waals surface area contributed by atoms with Gasteiger partial charge in [-0.05, 0) is 85.5 Å². The second-order valence-corrected chi connectivity index (χ2v) is 15.9. The number of unbranched alkanes of at least 4 members (excludes halogenated alkanes) is 6. The Morgan fingerprint density at radius 3 is 2.48 bits per heavy atom. The number of carbonyl (C=O) groups excluding carboxylic acids is 4. The number of aromatic amines is 1. The normalized spacial score (nSPS) is 12.9. The van der Waals surface area contributed by atoms with Gasteiger partial charge in [-0.2, -0.15) is 4.98 Å². The lowest BCUT2D eigenvalue weighted by Gasteiger charge is -2.32. The molecule has 1 aliphatic heterocycles. The summed E-state index contributed by atoms with van der Waals surface area (Å²) in [6, 6.07) is 21.4. The number of carbonyl (C=O) groups is 4. The molecule has 318 valence electrons. The fourth-order valence-electron chi connectivity index (χ4n) is 7.60. The molecule has 3 N–H and O–H groups in total. The van der Waals surface area contributed by atoms with Gasteiger partial charge in [0.05, 0.1) is 16.1 Å². The summed E-state index contributed by atoms with van der Waals surface area (Å²) in [5.41, 5.74) is 5.92. The first-order chi connectivity index (χ1) is 29.6. The third kappa shape index (κ3) is 10.7. The molecule has 1 saturated heterocycles. The zero-order valence-electron chi connectivity index (χ0n) is 34.7. The molecule has 0 radical (unpaired) electrons. The molecular weight excluding hydrogens is 794 g/mol. The third-order valence-corrected chi connectivity index (χ3v) is 11.4. The Bertz CT molecular complexity index is 2550. The van der Waals surface area contributed by atoms with Gasteiger partial charge in [-0.3, -0.25) is 24.1 Å². The number of benzene rings is 3. The lowest BCUT2D eigenvalue weighted by Crippen LogP contribution is -2.52. The molecule has 0 aliphatic carbocycles. The van der Waals surface area contributed by atoms with Crippen molar-refractivity contribution in [2.45, 2.75) is 64.7 Å². The number of anilines is 1. The molecule has 13 nitrogen and oxygen atoms in total. The van der Waals surface area contributed by atoms with Crippen molar-refractivity contribution in [3.63, 3.8) is 0 Å². The molecule has 14 heteroatoms. The fraction of sp³-hybridized carbons (Fsp3) is 0.340. The molecule has 0 unspecified atom stereocenters. The number of furan rings is 1. The highest BCUT2D eigenvalue weighted by Crippen LogP contribution is 2.35. The molecule has 6 aromatic rings. The van der Waals surface area contributed by atoms with Crippen LogP contribution in [0.5, 0.6) is 11.8 Å². The van der Waals surface area contributed by atoms with Crippen LogP contribution >= 0.6 is 11.6 Å². The van der Waals surface area contributed by atoms with Crippen molar-refractivity contribution in [1.29, 1.82) is 0 Å². The number of aryl methyl sites for hydroxylation is 3. The molecule has 1 fully saturated rings. The quantitative estimate of drug-likeness (QED) is 0.0545. The molecule has 0 atom stereocenters. The Balaban J connectivity index is 0.756. The number of piperazine rings is 1. The first kappa shape index (κ1) is 42.8. The van der Waals surface area contributed by atoms with Gasteiger partial charge in [0, 0.05) is 80.4 Å². The Kier molecular flexibility index (Phi) is 13.9. The average Bonchev–Trinajstić information content (AvgIpc) is 3.99. The van der Waals surface area contributed by atoms with E-state index in [0.29, 0.717) is 73.0 Å². The van der Waals surface area contributed by atoms with Gasteiger partial charge in [0.15, 0.2) is 0 Å². The Morgan fingerprint density at radius 1 is 0.934 bits per heavy atom. The number of aromatic nitrogens is 3. The SMILES string of the molecule is C=CC(=O)N1CCN(c2ccc(CCC(=O)NCCCCCCCCCNC(=O)c3cc(Oc4nc5cc(-c6ccc7c(ccn7C)c6)c(Cl)cc5[nH]4)ccc3C)o2)C(=O)C1. The van der Waals surface area contributed by atoms with E-state index < -0.39 is 0 Å². The molecule has 61 heavy (non-hydrogen) atoms. The van der Waals surface area contributed by atoms with Crippen LogP contribution in [-0.4, -0.2) is 75.8 Å². The molecule has 0 saturated carbocycles. The molecule has 7 rings (SSSR count). The summed E-state index contributed by atoms with van der Waals surface area (Å²) in [4.78, 5) is 60.7. The summed E-state index contributed by atoms with van der Waals surface area (Å²) in [5, 5.41) is 7.78. The standard InChI is InChI=1S/C47H52ClN7O6/c1-4-43(57)54-24-25-55(44(58)30-54)45-19-16-34(60-45)15-18-42(56)49-21-10-8-6-5-7-9-11-22-50-46(59)36-27-35(14-12-31(36)2)61-47-51-39-28-37(38(48)29-40(39)52-47)32-13-17-41-33(26-32)20-23-53(41)3/h4,12-14,16-17,19-20,23,26-29H,1,5-11,15,18,21-22,24-25,30H2,2-3H3,(H,49,56)(H,50,59)(H,51,52). The van der Waals surface area contributed by atoms with E-state index in [1.165, 1.54) is 15.9 Å². The number of amides is 4. The van der Waals surface area contributed by atoms with E-state index in [0.717, 1.165) is 83.6 Å². The molecule has 0 bridgehead atoms. The van der Waals surface area contributed by atoms with Crippen molar-refractivity contribution in [2.24, 2.45) is 7.05 Å². The van der Waals surface area contributed by atoms with E-state index >= 15 is 0 Å². The first-order valence-corrected chi connectivity index (χ1v) is 21.3. The number of imidazole rings is 1. The summed E-state index contributed by atoms with van der Waals surface area (Å²) < 4.78 is 14.0. The molecule has 1 aliphatic rings. The molecule has 3 aromatic heterocycles. The minimum absolute atomic E-state index is 0.0166. The Labute approximate surface area is 360 Å². The predicted molar refractivity (Wildman–Crippen MR) is 238 cm³/mol. The van der Waals surface area contributed by atoms with Crippen molar-refractivity contribution in [3.05, 3.63) is 107 Å². The number of H-pyrrole nitrogens is 1. The first-order valence-electron chi connectivity index (χ1n) is 20.9. The summed E-state index contributed by atoms with van der Waals surface area (Å²) in [5.74, 6) is 0.909. The van der Waals surface area contributed by atoms with Gasteiger partial charge in [0.2, 0.25) is 23.6 Å². The number of nitrogens with zero attached hydrogens (tertiary/aromatic N) is 4. The van der Waals surface area contributed by atoms with Crippen LogP contribution in [0, 0.1) is 6.92 Å². The van der Waals surface area contributed by atoms with Crippen molar-refractivity contribution >= 4 is 63.1 Å². The van der Waals surface area contributed by atoms with E-state index in [2.05, 4.69) is 56.0 Å². The van der Waals surface area contributed by atoms with Gasteiger partial charge >= 0.3 is 0 Å². The fourth-order valence-corrected chi connectivity index (χ4v) is 7.87. The third-order valence-electron chi connectivity index (χ3n) is 11.1. The highest BCUT2D eigenvalue weighted by Gasteiger charge is 2.28. The maximum absolute atomic E-state index is 13.1. The van der Waals surface area contributed by atoms with Gasteiger partial charge in [-0.1, -0.05) is 62.4 Å². The summed E-state index contributed by atoms with van der Waals surface area (Å²) in [6.07, 6.45) is 11.1. The largest absolute Gasteiger partial charge is 0.445 e. The van der Waals surface area contributed by atoms with Crippen LogP contribution in [0.3, 0.4) is 0 Å². The van der Waals surface area contributed by atoms with E-state index in [1.54, 1.807) is 18.2 Å². The van der Waals surface area contributed by atoms with Crippen LogP contribution in [0.15, 0.2) is 90.0 Å². The second-order valence-electron chi connectivity index (χ2n) is 15.5. The van der Waals surface area contributed by atoms with Crippen LogP contribution in [0.1, 0.15) is 73.0 Å². The highest BCUT2D eigenvalue weighted by molar-refractivity contribution is 6.34. The smallest absolute Gasteiger partial charge is 0.300 e. The molecule has 0 spiro atoms. The molecule has 4 heterocycles. The van der Waals surface area contributed by atoms with E-state index in [4.69, 9.17) is 20.8 Å². The van der Waals surface area contributed by atoms with E-state index in [1.807, 2.05) is 44.4 Å². The minimum atomic E-state index is -0.266. The lowest BCUT2D eigenvalue weighted by molar-refractivity contribution is -0.133. The minimum Gasteiger partial charge on any atom is -0.445 e. The zero-order chi connectivity index (χ0) is 42.9. The van der Waals surface area contributed by atoms with Gasteiger partial charge in [0.25, 0.3) is 11.9 Å². The highest BCUT2D eigenvalue weighted by atomic mass is 35.5. The van der Waals surface area contributed by atoms with E-state index in [-0.39, 0.29) is 30.2 Å². The van der Waals surface area contributed by atoms with Crippen molar-refractivity contribution in [2.75, 3.05) is 37.6 Å². The van der Waals surface area contributed by atoms with Gasteiger partial charge in [-0.15, -0.1) is 0 Å². The monoisotopic (exact) mass is 845 g/mol. The van der Waals surface area contributed by atoms with Crippen LogP contribution in [0.4, 0.5) is 5.88 Å². The van der Waals surface area contributed by atoms with E-state index in [9.17, 15) is 19.2 Å². The van der Waals surface area contributed by atoms with Gasteiger partial charge < -0.3 is 34.2 Å². The van der Waals surface area contributed by atoms with Crippen molar-refractivity contribution in [3.8, 4) is 22.9 Å². The number of hydrogen-bond acceptors (Lipinski definition) is 7.